The first-order valence-electron chi connectivity index (χ1n) is 4.85. The fraction of sp³-hybridized carbons (Fsp3) is 0.273. The summed E-state index contributed by atoms with van der Waals surface area (Å²) in [5, 5.41) is 2.47. The van der Waals surface area contributed by atoms with Gasteiger partial charge in [-0.15, -0.1) is 0 Å². The first kappa shape index (κ1) is 12.0. The van der Waals surface area contributed by atoms with Crippen LogP contribution in [0.15, 0.2) is 30.3 Å². The van der Waals surface area contributed by atoms with E-state index in [4.69, 9.17) is 10.5 Å². The van der Waals surface area contributed by atoms with Crippen LogP contribution in [0.1, 0.15) is 18.1 Å². The number of carbonyl (C=O) groups excluding carboxylic acids is 2. The summed E-state index contributed by atoms with van der Waals surface area (Å²) in [7, 11) is 1.52. The third-order valence-electron chi connectivity index (χ3n) is 2.08. The lowest BCUT2D eigenvalue weighted by Crippen LogP contribution is -2.24. The summed E-state index contributed by atoms with van der Waals surface area (Å²) in [5.74, 6) is -0.213. The molecule has 0 aliphatic carbocycles. The molecule has 16 heavy (non-hydrogen) atoms. The molecule has 0 heterocycles. The number of amides is 2. The van der Waals surface area contributed by atoms with Gasteiger partial charge in [0.05, 0.1) is 6.42 Å². The fourth-order valence-corrected chi connectivity index (χ4v) is 1.31. The van der Waals surface area contributed by atoms with E-state index in [9.17, 15) is 9.59 Å². The van der Waals surface area contributed by atoms with Crippen molar-refractivity contribution >= 4 is 12.0 Å². The van der Waals surface area contributed by atoms with Crippen LogP contribution >= 0.6 is 0 Å². The molecule has 1 atom stereocenters. The Kier molecular flexibility index (Phi) is 4.32. The molecule has 0 bridgehead atoms. The summed E-state index contributed by atoms with van der Waals surface area (Å²) in [6.07, 6.45) is -1.47. The van der Waals surface area contributed by atoms with E-state index >= 15 is 0 Å². The van der Waals surface area contributed by atoms with Crippen LogP contribution in [-0.2, 0) is 9.53 Å². The van der Waals surface area contributed by atoms with E-state index in [1.54, 1.807) is 24.3 Å². The Bertz CT molecular complexity index is 365. The molecule has 3 N–H and O–H groups in total. The second kappa shape index (κ2) is 5.75. The number of hydrogen-bond donors (Lipinski definition) is 2. The van der Waals surface area contributed by atoms with E-state index in [0.717, 1.165) is 5.56 Å². The van der Waals surface area contributed by atoms with Crippen molar-refractivity contribution in [1.29, 1.82) is 0 Å². The van der Waals surface area contributed by atoms with Gasteiger partial charge in [-0.2, -0.15) is 0 Å². The van der Waals surface area contributed by atoms with E-state index < -0.39 is 12.2 Å². The maximum absolute atomic E-state index is 11.2. The van der Waals surface area contributed by atoms with Crippen molar-refractivity contribution < 1.29 is 14.3 Å². The van der Waals surface area contributed by atoms with Gasteiger partial charge < -0.3 is 15.8 Å². The Morgan fingerprint density at radius 3 is 2.50 bits per heavy atom. The molecule has 5 nitrogen and oxygen atoms in total. The number of ether oxygens (including phenoxy) is 1. The average molecular weight is 222 g/mol. The van der Waals surface area contributed by atoms with Crippen LogP contribution in [0.5, 0.6) is 0 Å². The molecule has 0 aromatic heterocycles. The number of hydrogen-bond acceptors (Lipinski definition) is 3. The first-order valence-corrected chi connectivity index (χ1v) is 4.85. The average Bonchev–Trinajstić information content (AvgIpc) is 2.28. The summed E-state index contributed by atoms with van der Waals surface area (Å²) < 4.78 is 4.89. The fourth-order valence-electron chi connectivity index (χ4n) is 1.31. The van der Waals surface area contributed by atoms with Crippen LogP contribution in [0.3, 0.4) is 0 Å². The first-order chi connectivity index (χ1) is 7.63. The quantitative estimate of drug-likeness (QED) is 0.796. The van der Waals surface area contributed by atoms with E-state index in [2.05, 4.69) is 5.32 Å². The van der Waals surface area contributed by atoms with Crippen molar-refractivity contribution in [1.82, 2.24) is 5.32 Å². The molecule has 2 amide bonds. The van der Waals surface area contributed by atoms with Crippen LogP contribution in [0.4, 0.5) is 4.79 Å². The zero-order valence-electron chi connectivity index (χ0n) is 8.97. The van der Waals surface area contributed by atoms with E-state index in [0.29, 0.717) is 0 Å². The number of primary amides is 1. The topological polar surface area (TPSA) is 81.4 Å². The third-order valence-corrected chi connectivity index (χ3v) is 2.08. The number of carbonyl (C=O) groups is 2. The molecule has 0 saturated carbocycles. The molecule has 86 valence electrons. The minimum Gasteiger partial charge on any atom is -0.441 e. The second-order valence-corrected chi connectivity index (χ2v) is 3.21. The van der Waals surface area contributed by atoms with Crippen molar-refractivity contribution in [3.63, 3.8) is 0 Å². The standard InChI is InChI=1S/C11H14N2O3/c1-13-10(14)7-9(16-11(12)15)8-5-3-2-4-6-8/h2-6,9H,7H2,1H3,(H2,12,15)(H,13,14). The van der Waals surface area contributed by atoms with E-state index in [1.807, 2.05) is 6.07 Å². The third kappa shape index (κ3) is 3.61. The summed E-state index contributed by atoms with van der Waals surface area (Å²) in [5.41, 5.74) is 5.70. The molecule has 5 heteroatoms. The minimum atomic E-state index is -0.891. The minimum absolute atomic E-state index is 0.0590. The summed E-state index contributed by atoms with van der Waals surface area (Å²) in [6.45, 7) is 0. The highest BCUT2D eigenvalue weighted by Crippen LogP contribution is 2.20. The summed E-state index contributed by atoms with van der Waals surface area (Å²) >= 11 is 0. The Labute approximate surface area is 93.6 Å². The number of benzene rings is 1. The molecule has 0 aliphatic rings. The molecule has 0 fully saturated rings. The molecule has 0 radical (unpaired) electrons. The molecule has 1 unspecified atom stereocenters. The predicted molar refractivity (Wildman–Crippen MR) is 58.5 cm³/mol. The molecule has 0 aliphatic heterocycles. The van der Waals surface area contributed by atoms with Gasteiger partial charge in [-0.05, 0) is 5.56 Å². The van der Waals surface area contributed by atoms with Crippen molar-refractivity contribution in [2.45, 2.75) is 12.5 Å². The number of rotatable bonds is 4. The van der Waals surface area contributed by atoms with Crippen LogP contribution in [0.2, 0.25) is 0 Å². The summed E-state index contributed by atoms with van der Waals surface area (Å²) in [6, 6.07) is 8.99. The zero-order valence-corrected chi connectivity index (χ0v) is 8.97. The number of nitrogens with two attached hydrogens (primary N) is 1. The molecule has 1 aromatic carbocycles. The normalized spacial score (nSPS) is 11.6. The van der Waals surface area contributed by atoms with Crippen molar-refractivity contribution in [2.24, 2.45) is 5.73 Å². The Balaban J connectivity index is 2.79. The van der Waals surface area contributed by atoms with E-state index in [1.165, 1.54) is 7.05 Å². The van der Waals surface area contributed by atoms with Crippen molar-refractivity contribution in [2.75, 3.05) is 7.05 Å². The molecule has 0 spiro atoms. The molecular formula is C11H14N2O3. The Morgan fingerprint density at radius 2 is 2.00 bits per heavy atom. The molecular weight excluding hydrogens is 208 g/mol. The summed E-state index contributed by atoms with van der Waals surface area (Å²) in [4.78, 5) is 22.0. The largest absolute Gasteiger partial charge is 0.441 e. The Hall–Kier alpha value is -2.04. The van der Waals surface area contributed by atoms with Gasteiger partial charge in [0.1, 0.15) is 6.10 Å². The lowest BCUT2D eigenvalue weighted by Gasteiger charge is -2.15. The van der Waals surface area contributed by atoms with Gasteiger partial charge in [0.25, 0.3) is 0 Å². The van der Waals surface area contributed by atoms with Crippen molar-refractivity contribution in [3.8, 4) is 0 Å². The number of nitrogens with one attached hydrogen (secondary N) is 1. The highest BCUT2D eigenvalue weighted by molar-refractivity contribution is 5.76. The smallest absolute Gasteiger partial charge is 0.405 e. The Morgan fingerprint density at radius 1 is 1.38 bits per heavy atom. The SMILES string of the molecule is CNC(=O)CC(OC(N)=O)c1ccccc1. The second-order valence-electron chi connectivity index (χ2n) is 3.21. The monoisotopic (exact) mass is 222 g/mol. The zero-order chi connectivity index (χ0) is 12.0. The maximum atomic E-state index is 11.2. The van der Waals surface area contributed by atoms with Crippen LogP contribution in [0, 0.1) is 0 Å². The van der Waals surface area contributed by atoms with Gasteiger partial charge >= 0.3 is 6.09 Å². The van der Waals surface area contributed by atoms with Crippen LogP contribution in [0.25, 0.3) is 0 Å². The van der Waals surface area contributed by atoms with Gasteiger partial charge in [0.15, 0.2) is 0 Å². The molecule has 1 rings (SSSR count). The molecule has 0 saturated heterocycles. The van der Waals surface area contributed by atoms with E-state index in [-0.39, 0.29) is 12.3 Å². The van der Waals surface area contributed by atoms with Gasteiger partial charge in [-0.1, -0.05) is 30.3 Å². The predicted octanol–water partition coefficient (Wildman–Crippen LogP) is 0.959. The van der Waals surface area contributed by atoms with Crippen LogP contribution in [-0.4, -0.2) is 19.0 Å². The molecule has 1 aromatic rings. The van der Waals surface area contributed by atoms with Gasteiger partial charge in [0.2, 0.25) is 5.91 Å². The van der Waals surface area contributed by atoms with Gasteiger partial charge in [-0.3, -0.25) is 4.79 Å². The van der Waals surface area contributed by atoms with Crippen molar-refractivity contribution in [3.05, 3.63) is 35.9 Å². The van der Waals surface area contributed by atoms with Gasteiger partial charge in [0, 0.05) is 7.05 Å². The lowest BCUT2D eigenvalue weighted by molar-refractivity contribution is -0.122. The maximum Gasteiger partial charge on any atom is 0.405 e. The lowest BCUT2D eigenvalue weighted by atomic mass is 10.1. The highest BCUT2D eigenvalue weighted by Gasteiger charge is 2.18. The van der Waals surface area contributed by atoms with Gasteiger partial charge in [-0.25, -0.2) is 4.79 Å². The van der Waals surface area contributed by atoms with Crippen LogP contribution < -0.4 is 11.1 Å². The highest BCUT2D eigenvalue weighted by atomic mass is 16.6.